The molecule has 0 unspecified atom stereocenters. The molecule has 0 aliphatic heterocycles. The van der Waals surface area contributed by atoms with Crippen LogP contribution in [0.5, 0.6) is 5.75 Å². The Morgan fingerprint density at radius 3 is 2.67 bits per heavy atom. The fourth-order valence-corrected chi connectivity index (χ4v) is 2.56. The molecule has 6 heteroatoms. The van der Waals surface area contributed by atoms with Crippen molar-refractivity contribution in [2.24, 2.45) is 0 Å². The maximum atomic E-state index is 12.3. The molecule has 128 valence electrons. The number of hydrogen-bond donors (Lipinski definition) is 2. The summed E-state index contributed by atoms with van der Waals surface area (Å²) < 4.78 is 5.27. The van der Waals surface area contributed by atoms with Gasteiger partial charge in [-0.3, -0.25) is 4.79 Å². The number of nitrogens with one attached hydrogen (secondary N) is 1. The number of hydrogen-bond acceptors (Lipinski definition) is 4. The number of carbonyl (C=O) groups excluding carboxylic acids is 1. The summed E-state index contributed by atoms with van der Waals surface area (Å²) in [6, 6.07) is 14.8. The van der Waals surface area contributed by atoms with Crippen molar-refractivity contribution in [2.75, 3.05) is 31.7 Å². The maximum Gasteiger partial charge on any atom is 0.239 e. The van der Waals surface area contributed by atoms with Crippen LogP contribution >= 0.6 is 11.6 Å². The Balaban J connectivity index is 1.98. The van der Waals surface area contributed by atoms with Gasteiger partial charge in [0.25, 0.3) is 0 Å². The lowest BCUT2D eigenvalue weighted by molar-refractivity contribution is -0.119. The molecule has 0 spiro atoms. The van der Waals surface area contributed by atoms with E-state index in [1.54, 1.807) is 25.3 Å². The summed E-state index contributed by atoms with van der Waals surface area (Å²) in [5.41, 5.74) is 1.70. The van der Waals surface area contributed by atoms with Gasteiger partial charge in [0.05, 0.1) is 20.3 Å². The van der Waals surface area contributed by atoms with E-state index in [4.69, 9.17) is 16.3 Å². The van der Waals surface area contributed by atoms with Gasteiger partial charge in [0.15, 0.2) is 0 Å². The topological polar surface area (TPSA) is 61.8 Å². The molecule has 1 amide bonds. The van der Waals surface area contributed by atoms with E-state index in [0.29, 0.717) is 23.9 Å². The van der Waals surface area contributed by atoms with Crippen LogP contribution in [0, 0.1) is 0 Å². The lowest BCUT2D eigenvalue weighted by Crippen LogP contribution is -2.38. The number of carbonyl (C=O) groups is 1. The maximum absolute atomic E-state index is 12.3. The first-order chi connectivity index (χ1) is 11.6. The average Bonchev–Trinajstić information content (AvgIpc) is 2.60. The van der Waals surface area contributed by atoms with E-state index in [1.165, 1.54) is 0 Å². The second-order valence-electron chi connectivity index (χ2n) is 5.21. The zero-order valence-corrected chi connectivity index (χ0v) is 14.3. The van der Waals surface area contributed by atoms with Crippen LogP contribution in [0.1, 0.15) is 5.56 Å². The Labute approximate surface area is 146 Å². The quantitative estimate of drug-likeness (QED) is 0.769. The predicted octanol–water partition coefficient (Wildman–Crippen LogP) is 2.46. The largest absolute Gasteiger partial charge is 0.496 e. The van der Waals surface area contributed by atoms with Gasteiger partial charge < -0.3 is 20.1 Å². The first kappa shape index (κ1) is 18.1. The van der Waals surface area contributed by atoms with E-state index in [9.17, 15) is 9.90 Å². The number of nitrogens with zero attached hydrogens (tertiary/aromatic N) is 1. The van der Waals surface area contributed by atoms with E-state index >= 15 is 0 Å². The molecule has 0 aliphatic carbocycles. The highest BCUT2D eigenvalue weighted by Gasteiger charge is 2.12. The van der Waals surface area contributed by atoms with E-state index in [-0.39, 0.29) is 19.1 Å². The molecule has 2 N–H and O–H groups in total. The average molecular weight is 349 g/mol. The number of methoxy groups -OCH3 is 1. The number of benzene rings is 2. The molecule has 0 fully saturated rings. The van der Waals surface area contributed by atoms with Crippen LogP contribution in [0.25, 0.3) is 0 Å². The Morgan fingerprint density at radius 2 is 2.00 bits per heavy atom. The van der Waals surface area contributed by atoms with Gasteiger partial charge in [-0.25, -0.2) is 0 Å². The monoisotopic (exact) mass is 348 g/mol. The third-order valence-corrected chi connectivity index (χ3v) is 3.78. The van der Waals surface area contributed by atoms with Crippen molar-refractivity contribution in [3.05, 3.63) is 59.1 Å². The standard InChI is InChI=1S/C18H21ClN2O3/c1-24-17-8-7-15(19)11-14(17)12-20-18(23)13-21(9-10-22)16-5-3-2-4-6-16/h2-8,11,22H,9-10,12-13H2,1H3,(H,20,23). The van der Waals surface area contributed by atoms with E-state index in [1.807, 2.05) is 35.2 Å². The van der Waals surface area contributed by atoms with Crippen molar-refractivity contribution in [3.8, 4) is 5.75 Å². The molecule has 2 rings (SSSR count). The first-order valence-corrected chi connectivity index (χ1v) is 8.02. The molecule has 0 saturated carbocycles. The summed E-state index contributed by atoms with van der Waals surface area (Å²) in [6.07, 6.45) is 0. The first-order valence-electron chi connectivity index (χ1n) is 7.64. The van der Waals surface area contributed by atoms with Crippen LogP contribution in [-0.4, -0.2) is 37.8 Å². The predicted molar refractivity (Wildman–Crippen MR) is 95.6 cm³/mol. The lowest BCUT2D eigenvalue weighted by atomic mass is 10.2. The molecule has 24 heavy (non-hydrogen) atoms. The van der Waals surface area contributed by atoms with Gasteiger partial charge in [0.1, 0.15) is 5.75 Å². The van der Waals surface area contributed by atoms with Crippen molar-refractivity contribution in [1.82, 2.24) is 5.32 Å². The van der Waals surface area contributed by atoms with Gasteiger partial charge in [-0.15, -0.1) is 0 Å². The van der Waals surface area contributed by atoms with Crippen LogP contribution in [0.2, 0.25) is 5.02 Å². The van der Waals surface area contributed by atoms with Crippen LogP contribution in [0.15, 0.2) is 48.5 Å². The number of aliphatic hydroxyl groups is 1. The molecule has 0 heterocycles. The van der Waals surface area contributed by atoms with Crippen LogP contribution in [-0.2, 0) is 11.3 Å². The van der Waals surface area contributed by atoms with Gasteiger partial charge in [-0.05, 0) is 30.3 Å². The van der Waals surface area contributed by atoms with Crippen LogP contribution in [0.3, 0.4) is 0 Å². The van der Waals surface area contributed by atoms with Gasteiger partial charge in [-0.2, -0.15) is 0 Å². The molecule has 0 aliphatic rings. The summed E-state index contributed by atoms with van der Waals surface area (Å²) in [4.78, 5) is 14.1. The molecule has 0 bridgehead atoms. The molecule has 0 atom stereocenters. The molecule has 0 aromatic heterocycles. The SMILES string of the molecule is COc1ccc(Cl)cc1CNC(=O)CN(CCO)c1ccccc1. The second-order valence-corrected chi connectivity index (χ2v) is 5.65. The van der Waals surface area contributed by atoms with Gasteiger partial charge in [-0.1, -0.05) is 29.8 Å². The summed E-state index contributed by atoms with van der Waals surface area (Å²) >= 11 is 5.99. The molecule has 5 nitrogen and oxygen atoms in total. The summed E-state index contributed by atoms with van der Waals surface area (Å²) in [7, 11) is 1.58. The zero-order valence-electron chi connectivity index (χ0n) is 13.5. The summed E-state index contributed by atoms with van der Waals surface area (Å²) in [5.74, 6) is 0.532. The Hall–Kier alpha value is -2.24. The van der Waals surface area contributed by atoms with Gasteiger partial charge in [0, 0.05) is 29.4 Å². The fraction of sp³-hybridized carbons (Fsp3) is 0.278. The minimum atomic E-state index is -0.144. The highest BCUT2D eigenvalue weighted by molar-refractivity contribution is 6.30. The highest BCUT2D eigenvalue weighted by Crippen LogP contribution is 2.22. The normalized spacial score (nSPS) is 10.3. The van der Waals surface area contributed by atoms with Crippen molar-refractivity contribution in [1.29, 1.82) is 0 Å². The number of anilines is 1. The lowest BCUT2D eigenvalue weighted by Gasteiger charge is -2.23. The summed E-state index contributed by atoms with van der Waals surface area (Å²) in [6.45, 7) is 0.847. The van der Waals surface area contributed by atoms with Gasteiger partial charge >= 0.3 is 0 Å². The number of halogens is 1. The number of rotatable bonds is 8. The Bertz CT molecular complexity index is 665. The second kappa shape index (κ2) is 9.15. The minimum Gasteiger partial charge on any atom is -0.496 e. The van der Waals surface area contributed by atoms with E-state index < -0.39 is 0 Å². The third kappa shape index (κ3) is 5.15. The molecular weight excluding hydrogens is 328 g/mol. The number of ether oxygens (including phenoxy) is 1. The molecular formula is C18H21ClN2O3. The van der Waals surface area contributed by atoms with Crippen molar-refractivity contribution < 1.29 is 14.6 Å². The van der Waals surface area contributed by atoms with E-state index in [2.05, 4.69) is 5.32 Å². The Kier molecular flexibility index (Phi) is 6.90. The molecule has 0 radical (unpaired) electrons. The molecule has 2 aromatic rings. The fourth-order valence-electron chi connectivity index (χ4n) is 2.37. The van der Waals surface area contributed by atoms with E-state index in [0.717, 1.165) is 11.3 Å². The highest BCUT2D eigenvalue weighted by atomic mass is 35.5. The smallest absolute Gasteiger partial charge is 0.239 e. The van der Waals surface area contributed by atoms with Gasteiger partial charge in [0.2, 0.25) is 5.91 Å². The van der Waals surface area contributed by atoms with Crippen LogP contribution < -0.4 is 15.0 Å². The van der Waals surface area contributed by atoms with Crippen LogP contribution in [0.4, 0.5) is 5.69 Å². The molecule has 0 saturated heterocycles. The van der Waals surface area contributed by atoms with Crippen molar-refractivity contribution in [3.63, 3.8) is 0 Å². The van der Waals surface area contributed by atoms with Crippen molar-refractivity contribution in [2.45, 2.75) is 6.54 Å². The zero-order chi connectivity index (χ0) is 17.4. The Morgan fingerprint density at radius 1 is 1.25 bits per heavy atom. The number of aliphatic hydroxyl groups excluding tert-OH is 1. The number of para-hydroxylation sites is 1. The molecule has 2 aromatic carbocycles. The van der Waals surface area contributed by atoms with Crippen molar-refractivity contribution >= 4 is 23.2 Å². The summed E-state index contributed by atoms with van der Waals surface area (Å²) in [5, 5.41) is 12.7. The number of amides is 1. The third-order valence-electron chi connectivity index (χ3n) is 3.54. The minimum absolute atomic E-state index is 0.0235.